The molecule has 5 rings (SSSR count). The van der Waals surface area contributed by atoms with Crippen LogP contribution in [0.3, 0.4) is 0 Å². The van der Waals surface area contributed by atoms with Crippen LogP contribution in [0.15, 0.2) is 72.3 Å². The number of amides is 1. The summed E-state index contributed by atoms with van der Waals surface area (Å²) in [5.74, 6) is 1.27. The molecule has 0 saturated heterocycles. The van der Waals surface area contributed by atoms with Crippen LogP contribution >= 0.6 is 34.8 Å². The Hall–Kier alpha value is -3.23. The lowest BCUT2D eigenvalue weighted by molar-refractivity contribution is -0.128. The van der Waals surface area contributed by atoms with Crippen LogP contribution in [0.4, 0.5) is 0 Å². The molecule has 1 aliphatic carbocycles. The molecule has 1 fully saturated rings. The van der Waals surface area contributed by atoms with E-state index >= 15 is 0 Å². The quantitative estimate of drug-likeness (QED) is 0.193. The molecule has 10 heteroatoms. The summed E-state index contributed by atoms with van der Waals surface area (Å²) < 4.78 is 11.5. The molecular formula is C31H31Cl3N2O5. The van der Waals surface area contributed by atoms with Gasteiger partial charge in [0, 0.05) is 29.7 Å². The van der Waals surface area contributed by atoms with Crippen LogP contribution in [0.25, 0.3) is 5.57 Å². The predicted octanol–water partition coefficient (Wildman–Crippen LogP) is 6.74. The summed E-state index contributed by atoms with van der Waals surface area (Å²) in [5, 5.41) is 11.9. The van der Waals surface area contributed by atoms with Crippen molar-refractivity contribution < 1.29 is 24.2 Å². The molecule has 0 spiro atoms. The number of hydrogen-bond acceptors (Lipinski definition) is 5. The van der Waals surface area contributed by atoms with Gasteiger partial charge in [0.05, 0.1) is 10.0 Å². The normalized spacial score (nSPS) is 14.5. The Morgan fingerprint density at radius 2 is 1.56 bits per heavy atom. The van der Waals surface area contributed by atoms with Gasteiger partial charge in [-0.2, -0.15) is 0 Å². The van der Waals surface area contributed by atoms with E-state index in [-0.39, 0.29) is 18.4 Å². The highest BCUT2D eigenvalue weighted by atomic mass is 35.5. The van der Waals surface area contributed by atoms with E-state index in [9.17, 15) is 4.79 Å². The maximum absolute atomic E-state index is 13.8. The molecular weight excluding hydrogens is 587 g/mol. The highest BCUT2D eigenvalue weighted by Crippen LogP contribution is 2.34. The van der Waals surface area contributed by atoms with Crippen LogP contribution in [0.2, 0.25) is 15.1 Å². The highest BCUT2D eigenvalue weighted by Gasteiger charge is 2.35. The zero-order chi connectivity index (χ0) is 29.2. The maximum atomic E-state index is 13.8. The fourth-order valence-electron chi connectivity index (χ4n) is 4.62. The lowest BCUT2D eigenvalue weighted by Crippen LogP contribution is -2.39. The number of para-hydroxylation sites is 1. The summed E-state index contributed by atoms with van der Waals surface area (Å²) >= 11 is 18.7. The molecule has 1 amide bonds. The number of nitrogens with zero attached hydrogens (tertiary/aromatic N) is 1. The molecule has 2 N–H and O–H groups in total. The van der Waals surface area contributed by atoms with E-state index in [0.29, 0.717) is 47.1 Å². The highest BCUT2D eigenvalue weighted by molar-refractivity contribution is 6.37. The second-order valence-corrected chi connectivity index (χ2v) is 10.7. The lowest BCUT2D eigenvalue weighted by Gasteiger charge is -2.28. The number of hydrogen-bond donors (Lipinski definition) is 2. The Labute approximate surface area is 254 Å². The SMILES string of the molecule is O=C(C1=C(c2ccc(OCCOc3c(Cl)cccc3Cl)cc2)CCNC1)N(Cc1ccccc1Cl)C1CC1.O=CO. The summed E-state index contributed by atoms with van der Waals surface area (Å²) in [7, 11) is 0. The van der Waals surface area contributed by atoms with E-state index in [4.69, 9.17) is 54.2 Å². The molecule has 216 valence electrons. The fraction of sp³-hybridized carbons (Fsp3) is 0.290. The van der Waals surface area contributed by atoms with E-state index < -0.39 is 0 Å². The van der Waals surface area contributed by atoms with Crippen LogP contribution in [0.5, 0.6) is 11.5 Å². The van der Waals surface area contributed by atoms with E-state index in [1.165, 1.54) is 0 Å². The monoisotopic (exact) mass is 616 g/mol. The van der Waals surface area contributed by atoms with Gasteiger partial charge in [0.15, 0.2) is 5.75 Å². The molecule has 1 aliphatic heterocycles. The van der Waals surface area contributed by atoms with Crippen molar-refractivity contribution >= 4 is 52.8 Å². The molecule has 3 aromatic rings. The standard InChI is InChI=1S/C30H29Cl3N2O3.CH2O2/c31-26-5-2-1-4-21(26)19-35(22-10-11-22)30(36)25-18-34-15-14-24(25)20-8-12-23(13-9-20)37-16-17-38-29-27(32)6-3-7-28(29)33;2-1-3/h1-9,12-13,22,34H,10-11,14-19H2;1H,(H,2,3). The Morgan fingerprint density at radius 3 is 2.22 bits per heavy atom. The van der Waals surface area contributed by atoms with Crippen molar-refractivity contribution in [2.75, 3.05) is 26.3 Å². The predicted molar refractivity (Wildman–Crippen MR) is 162 cm³/mol. The minimum Gasteiger partial charge on any atom is -0.490 e. The van der Waals surface area contributed by atoms with Crippen LogP contribution in [-0.4, -0.2) is 54.7 Å². The first kappa shape index (κ1) is 30.7. The number of carboxylic acid groups (broad SMARTS) is 1. The molecule has 0 atom stereocenters. The molecule has 1 heterocycles. The molecule has 3 aromatic carbocycles. The van der Waals surface area contributed by atoms with Gasteiger partial charge in [-0.05, 0) is 72.8 Å². The topological polar surface area (TPSA) is 88.1 Å². The Morgan fingerprint density at radius 1 is 0.927 bits per heavy atom. The van der Waals surface area contributed by atoms with Crippen LogP contribution < -0.4 is 14.8 Å². The first-order valence-corrected chi connectivity index (χ1v) is 14.4. The third-order valence-electron chi connectivity index (χ3n) is 6.74. The first-order valence-electron chi connectivity index (χ1n) is 13.3. The molecule has 2 aliphatic rings. The van der Waals surface area contributed by atoms with Crippen molar-refractivity contribution in [3.8, 4) is 11.5 Å². The smallest absolute Gasteiger partial charge is 0.290 e. The number of carbonyl (C=O) groups excluding carboxylic acids is 1. The van der Waals surface area contributed by atoms with Crippen molar-refractivity contribution in [1.29, 1.82) is 0 Å². The molecule has 1 saturated carbocycles. The van der Waals surface area contributed by atoms with Crippen molar-refractivity contribution in [3.63, 3.8) is 0 Å². The van der Waals surface area contributed by atoms with Gasteiger partial charge in [-0.1, -0.05) is 71.2 Å². The number of halogens is 3. The summed E-state index contributed by atoms with van der Waals surface area (Å²) in [6.45, 7) is 2.31. The third kappa shape index (κ3) is 8.39. The number of benzene rings is 3. The summed E-state index contributed by atoms with van der Waals surface area (Å²) in [6, 6.07) is 21.1. The first-order chi connectivity index (χ1) is 19.9. The molecule has 41 heavy (non-hydrogen) atoms. The maximum Gasteiger partial charge on any atom is 0.290 e. The average Bonchev–Trinajstić information content (AvgIpc) is 3.82. The molecule has 0 bridgehead atoms. The van der Waals surface area contributed by atoms with E-state index in [2.05, 4.69) is 5.32 Å². The van der Waals surface area contributed by atoms with E-state index in [1.807, 2.05) is 53.4 Å². The number of carbonyl (C=O) groups is 2. The third-order valence-corrected chi connectivity index (χ3v) is 7.71. The van der Waals surface area contributed by atoms with Crippen LogP contribution in [-0.2, 0) is 16.1 Å². The van der Waals surface area contributed by atoms with E-state index in [0.717, 1.165) is 53.8 Å². The Bertz CT molecular complexity index is 1360. The van der Waals surface area contributed by atoms with Gasteiger partial charge in [0.2, 0.25) is 0 Å². The van der Waals surface area contributed by atoms with Gasteiger partial charge in [-0.3, -0.25) is 9.59 Å². The largest absolute Gasteiger partial charge is 0.490 e. The van der Waals surface area contributed by atoms with E-state index in [1.54, 1.807) is 18.2 Å². The second kappa shape index (κ2) is 15.1. The van der Waals surface area contributed by atoms with Gasteiger partial charge < -0.3 is 24.8 Å². The van der Waals surface area contributed by atoms with Crippen LogP contribution in [0, 0.1) is 0 Å². The fourth-order valence-corrected chi connectivity index (χ4v) is 5.32. The Balaban J connectivity index is 0.00000124. The van der Waals surface area contributed by atoms with Gasteiger partial charge in [-0.25, -0.2) is 0 Å². The average molecular weight is 618 g/mol. The van der Waals surface area contributed by atoms with Gasteiger partial charge in [0.1, 0.15) is 19.0 Å². The van der Waals surface area contributed by atoms with Crippen molar-refractivity contribution in [2.24, 2.45) is 0 Å². The molecule has 0 radical (unpaired) electrons. The van der Waals surface area contributed by atoms with Crippen molar-refractivity contribution in [1.82, 2.24) is 10.2 Å². The summed E-state index contributed by atoms with van der Waals surface area (Å²) in [5.41, 5.74) is 3.92. The van der Waals surface area contributed by atoms with Crippen molar-refractivity contribution in [3.05, 3.63) is 98.5 Å². The number of nitrogens with one attached hydrogen (secondary N) is 1. The summed E-state index contributed by atoms with van der Waals surface area (Å²) in [6.07, 6.45) is 2.85. The second-order valence-electron chi connectivity index (χ2n) is 9.52. The minimum absolute atomic E-state index is 0.0883. The number of rotatable bonds is 10. The zero-order valence-corrected chi connectivity index (χ0v) is 24.6. The molecule has 0 unspecified atom stereocenters. The van der Waals surface area contributed by atoms with Crippen LogP contribution in [0.1, 0.15) is 30.4 Å². The lowest BCUT2D eigenvalue weighted by atomic mass is 9.93. The Kier molecular flexibility index (Phi) is 11.3. The van der Waals surface area contributed by atoms with Gasteiger partial charge in [-0.15, -0.1) is 0 Å². The minimum atomic E-state index is -0.250. The molecule has 7 nitrogen and oxygen atoms in total. The zero-order valence-electron chi connectivity index (χ0n) is 22.3. The molecule has 0 aromatic heterocycles. The summed E-state index contributed by atoms with van der Waals surface area (Å²) in [4.78, 5) is 24.2. The van der Waals surface area contributed by atoms with Gasteiger partial charge >= 0.3 is 0 Å². The van der Waals surface area contributed by atoms with Gasteiger partial charge in [0.25, 0.3) is 12.4 Å². The number of ether oxygens (including phenoxy) is 2. The van der Waals surface area contributed by atoms with Crippen molar-refractivity contribution in [2.45, 2.75) is 31.8 Å².